The minimum absolute atomic E-state index is 0.0909. The second-order valence-electron chi connectivity index (χ2n) is 9.23. The summed E-state index contributed by atoms with van der Waals surface area (Å²) in [6.45, 7) is 2.96. The lowest BCUT2D eigenvalue weighted by Gasteiger charge is -2.30. The molecule has 1 unspecified atom stereocenters. The zero-order valence-electron chi connectivity index (χ0n) is 20.6. The highest BCUT2D eigenvalue weighted by atomic mass is 32.2. The van der Waals surface area contributed by atoms with Crippen molar-refractivity contribution in [2.45, 2.75) is 31.2 Å². The van der Waals surface area contributed by atoms with E-state index in [1.54, 1.807) is 4.57 Å². The van der Waals surface area contributed by atoms with Crippen molar-refractivity contribution in [2.75, 3.05) is 20.2 Å². The number of thiazole rings is 1. The summed E-state index contributed by atoms with van der Waals surface area (Å²) in [4.78, 5) is 30.1. The number of amides is 1. The second kappa shape index (κ2) is 10.2. The zero-order chi connectivity index (χ0) is 26.2. The largest absolute Gasteiger partial charge is 0.468 e. The Morgan fingerprint density at radius 1 is 1.08 bits per heavy atom. The van der Waals surface area contributed by atoms with E-state index >= 15 is 0 Å². The molecule has 4 aromatic rings. The number of sulfonamides is 1. The summed E-state index contributed by atoms with van der Waals surface area (Å²) in [6.07, 6.45) is 1.86. The van der Waals surface area contributed by atoms with Crippen molar-refractivity contribution in [3.63, 3.8) is 0 Å². The van der Waals surface area contributed by atoms with Crippen LogP contribution in [0.1, 0.15) is 30.1 Å². The van der Waals surface area contributed by atoms with Crippen LogP contribution in [0.5, 0.6) is 0 Å². The Morgan fingerprint density at radius 2 is 1.84 bits per heavy atom. The zero-order valence-corrected chi connectivity index (χ0v) is 22.2. The van der Waals surface area contributed by atoms with Gasteiger partial charge in [-0.05, 0) is 54.5 Å². The van der Waals surface area contributed by atoms with Crippen LogP contribution in [-0.4, -0.2) is 49.4 Å². The number of methoxy groups -OCH3 is 1. The van der Waals surface area contributed by atoms with Gasteiger partial charge in [-0.2, -0.15) is 9.30 Å². The number of rotatable bonds is 5. The van der Waals surface area contributed by atoms with Crippen LogP contribution in [0, 0.1) is 5.92 Å². The van der Waals surface area contributed by atoms with Crippen molar-refractivity contribution < 1.29 is 22.7 Å². The highest BCUT2D eigenvalue weighted by molar-refractivity contribution is 7.89. The van der Waals surface area contributed by atoms with Crippen molar-refractivity contribution >= 4 is 54.2 Å². The number of aromatic nitrogens is 1. The summed E-state index contributed by atoms with van der Waals surface area (Å²) in [5.41, 5.74) is 1.04. The summed E-state index contributed by atoms with van der Waals surface area (Å²) in [5.74, 6) is -0.661. The lowest BCUT2D eigenvalue weighted by atomic mass is 10.0. The van der Waals surface area contributed by atoms with Crippen LogP contribution in [0.15, 0.2) is 70.6 Å². The SMILES string of the molecule is COC(=O)Cn1c(=NC(=O)c2ccc(S(=O)(=O)N3CCCC(C)C3)cc2)sc2c3ccccc3ccc21. The fourth-order valence-electron chi connectivity index (χ4n) is 4.66. The molecule has 1 aliphatic rings. The molecule has 3 aromatic carbocycles. The van der Waals surface area contributed by atoms with E-state index in [1.165, 1.54) is 47.0 Å². The molecule has 0 saturated carbocycles. The molecule has 5 rings (SSSR count). The summed E-state index contributed by atoms with van der Waals surface area (Å²) in [7, 11) is -2.31. The third-order valence-corrected chi connectivity index (χ3v) is 9.65. The smallest absolute Gasteiger partial charge is 0.325 e. The van der Waals surface area contributed by atoms with E-state index in [2.05, 4.69) is 4.99 Å². The van der Waals surface area contributed by atoms with Gasteiger partial charge < -0.3 is 9.30 Å². The highest BCUT2D eigenvalue weighted by Crippen LogP contribution is 2.28. The average molecular weight is 538 g/mol. The van der Waals surface area contributed by atoms with Gasteiger partial charge in [-0.3, -0.25) is 9.59 Å². The molecule has 2 heterocycles. The van der Waals surface area contributed by atoms with Gasteiger partial charge in [0.15, 0.2) is 4.80 Å². The minimum Gasteiger partial charge on any atom is -0.468 e. The molecule has 1 amide bonds. The molecule has 0 bridgehead atoms. The average Bonchev–Trinajstić information content (AvgIpc) is 3.25. The van der Waals surface area contributed by atoms with Gasteiger partial charge in [-0.15, -0.1) is 0 Å². The fourth-order valence-corrected chi connectivity index (χ4v) is 7.43. The molecule has 1 atom stereocenters. The summed E-state index contributed by atoms with van der Waals surface area (Å²) in [5, 5.41) is 2.04. The first-order chi connectivity index (χ1) is 17.8. The maximum absolute atomic E-state index is 13.1. The van der Waals surface area contributed by atoms with E-state index in [1.807, 2.05) is 43.3 Å². The molecule has 1 aromatic heterocycles. The van der Waals surface area contributed by atoms with E-state index in [-0.39, 0.29) is 17.0 Å². The third kappa shape index (κ3) is 4.96. The van der Waals surface area contributed by atoms with Crippen molar-refractivity contribution in [2.24, 2.45) is 10.9 Å². The Labute approximate surface area is 218 Å². The van der Waals surface area contributed by atoms with Gasteiger partial charge in [-0.1, -0.05) is 48.6 Å². The molecule has 0 spiro atoms. The van der Waals surface area contributed by atoms with Crippen LogP contribution in [0.2, 0.25) is 0 Å². The highest BCUT2D eigenvalue weighted by Gasteiger charge is 2.28. The predicted molar refractivity (Wildman–Crippen MR) is 143 cm³/mol. The van der Waals surface area contributed by atoms with E-state index < -0.39 is 21.9 Å². The number of nitrogens with zero attached hydrogens (tertiary/aromatic N) is 3. The van der Waals surface area contributed by atoms with Crippen molar-refractivity contribution in [3.05, 3.63) is 71.0 Å². The Balaban J connectivity index is 1.52. The number of benzene rings is 3. The van der Waals surface area contributed by atoms with Gasteiger partial charge in [0.05, 0.1) is 22.2 Å². The topological polar surface area (TPSA) is 98.0 Å². The van der Waals surface area contributed by atoms with Gasteiger partial charge in [0.25, 0.3) is 5.91 Å². The first kappa shape index (κ1) is 25.3. The maximum atomic E-state index is 13.1. The number of fused-ring (bicyclic) bond motifs is 3. The second-order valence-corrected chi connectivity index (χ2v) is 12.1. The number of hydrogen-bond acceptors (Lipinski definition) is 6. The molecule has 1 saturated heterocycles. The monoisotopic (exact) mass is 537 g/mol. The van der Waals surface area contributed by atoms with Crippen LogP contribution in [0.4, 0.5) is 0 Å². The van der Waals surface area contributed by atoms with E-state index in [9.17, 15) is 18.0 Å². The molecule has 0 N–H and O–H groups in total. The molecule has 37 heavy (non-hydrogen) atoms. The molecule has 192 valence electrons. The molecule has 0 aliphatic carbocycles. The maximum Gasteiger partial charge on any atom is 0.325 e. The fraction of sp³-hybridized carbons (Fsp3) is 0.296. The minimum atomic E-state index is -3.62. The number of esters is 1. The van der Waals surface area contributed by atoms with E-state index in [0.29, 0.717) is 23.8 Å². The van der Waals surface area contributed by atoms with E-state index in [4.69, 9.17) is 4.74 Å². The van der Waals surface area contributed by atoms with Gasteiger partial charge in [0.2, 0.25) is 10.0 Å². The summed E-state index contributed by atoms with van der Waals surface area (Å²) in [6, 6.07) is 17.6. The van der Waals surface area contributed by atoms with Crippen molar-refractivity contribution in [1.82, 2.24) is 8.87 Å². The third-order valence-electron chi connectivity index (χ3n) is 6.64. The number of carbonyl (C=O) groups excluding carboxylic acids is 2. The standard InChI is InChI=1S/C27H27N3O5S2/c1-18-6-5-15-29(16-18)37(33,34)21-12-9-20(10-13-21)26(32)28-27-30(17-24(31)35-2)23-14-11-19-7-3-4-8-22(19)25(23)36-27/h3-4,7-14,18H,5-6,15-17H2,1-2H3. The van der Waals surface area contributed by atoms with Crippen LogP contribution in [0.3, 0.4) is 0 Å². The van der Waals surface area contributed by atoms with Crippen LogP contribution < -0.4 is 4.80 Å². The van der Waals surface area contributed by atoms with Gasteiger partial charge in [0.1, 0.15) is 6.54 Å². The molecular formula is C27H27N3O5S2. The Morgan fingerprint density at radius 3 is 2.57 bits per heavy atom. The number of ether oxygens (including phenoxy) is 1. The van der Waals surface area contributed by atoms with Crippen LogP contribution in [0.25, 0.3) is 21.0 Å². The first-order valence-corrected chi connectivity index (χ1v) is 14.3. The number of carbonyl (C=O) groups is 2. The normalized spacial score (nSPS) is 17.4. The lowest BCUT2D eigenvalue weighted by Crippen LogP contribution is -2.39. The quantitative estimate of drug-likeness (QED) is 0.356. The number of piperidine rings is 1. The van der Waals surface area contributed by atoms with E-state index in [0.717, 1.165) is 33.8 Å². The molecule has 10 heteroatoms. The summed E-state index contributed by atoms with van der Waals surface area (Å²) < 4.78 is 35.1. The Kier molecular flexibility index (Phi) is 6.98. The van der Waals surface area contributed by atoms with Crippen molar-refractivity contribution in [1.29, 1.82) is 0 Å². The van der Waals surface area contributed by atoms with Crippen LogP contribution in [-0.2, 0) is 26.1 Å². The molecular weight excluding hydrogens is 510 g/mol. The molecule has 8 nitrogen and oxygen atoms in total. The first-order valence-electron chi connectivity index (χ1n) is 12.0. The Bertz CT molecular complexity index is 1670. The number of hydrogen-bond donors (Lipinski definition) is 0. The van der Waals surface area contributed by atoms with Gasteiger partial charge in [0, 0.05) is 24.0 Å². The molecule has 1 fully saturated rings. The van der Waals surface area contributed by atoms with Gasteiger partial charge in [-0.25, -0.2) is 8.42 Å². The van der Waals surface area contributed by atoms with Crippen LogP contribution >= 0.6 is 11.3 Å². The summed E-state index contributed by atoms with van der Waals surface area (Å²) >= 11 is 1.32. The Hall–Kier alpha value is -3.34. The van der Waals surface area contributed by atoms with Gasteiger partial charge >= 0.3 is 5.97 Å². The lowest BCUT2D eigenvalue weighted by molar-refractivity contribution is -0.141. The van der Waals surface area contributed by atoms with Crippen molar-refractivity contribution in [3.8, 4) is 0 Å². The molecule has 1 aliphatic heterocycles. The molecule has 0 radical (unpaired) electrons. The predicted octanol–water partition coefficient (Wildman–Crippen LogP) is 4.19.